The van der Waals surface area contributed by atoms with E-state index in [1.165, 1.54) is 0 Å². The molecular formula is C19H18N6O. The Hall–Kier alpha value is -3.66. The monoisotopic (exact) mass is 346 g/mol. The molecule has 3 rings (SSSR count). The summed E-state index contributed by atoms with van der Waals surface area (Å²) >= 11 is 0. The van der Waals surface area contributed by atoms with Crippen molar-refractivity contribution in [2.75, 3.05) is 18.4 Å². The van der Waals surface area contributed by atoms with Crippen molar-refractivity contribution in [3.8, 4) is 6.07 Å². The van der Waals surface area contributed by atoms with Gasteiger partial charge in [-0.25, -0.2) is 4.98 Å². The van der Waals surface area contributed by atoms with Crippen molar-refractivity contribution in [3.05, 3.63) is 78.2 Å². The van der Waals surface area contributed by atoms with Crippen LogP contribution in [-0.2, 0) is 4.79 Å². The molecule has 0 fully saturated rings. The predicted octanol–water partition coefficient (Wildman–Crippen LogP) is 1.97. The number of rotatable bonds is 7. The molecule has 130 valence electrons. The molecule has 0 aliphatic carbocycles. The smallest absolute Gasteiger partial charge is 0.249 e. The van der Waals surface area contributed by atoms with Crippen LogP contribution in [0.4, 0.5) is 5.82 Å². The molecule has 2 N–H and O–H groups in total. The number of hydrogen-bond acceptors (Lipinski definition) is 5. The first-order chi connectivity index (χ1) is 12.8. The van der Waals surface area contributed by atoms with Gasteiger partial charge in [-0.15, -0.1) is 0 Å². The largest absolute Gasteiger partial charge is 0.367 e. The van der Waals surface area contributed by atoms with Crippen molar-refractivity contribution in [1.82, 2.24) is 20.1 Å². The Morgan fingerprint density at radius 1 is 1.12 bits per heavy atom. The Kier molecular flexibility index (Phi) is 5.58. The van der Waals surface area contributed by atoms with Crippen LogP contribution in [0.1, 0.15) is 17.2 Å². The lowest BCUT2D eigenvalue weighted by Gasteiger charge is -2.18. The first kappa shape index (κ1) is 17.2. The van der Waals surface area contributed by atoms with Crippen molar-refractivity contribution in [3.63, 3.8) is 0 Å². The van der Waals surface area contributed by atoms with Crippen molar-refractivity contribution in [2.24, 2.45) is 0 Å². The summed E-state index contributed by atoms with van der Waals surface area (Å²) in [6, 6.07) is 16.2. The number of pyridine rings is 1. The van der Waals surface area contributed by atoms with Crippen LogP contribution in [-0.4, -0.2) is 33.8 Å². The highest BCUT2D eigenvalue weighted by molar-refractivity contribution is 5.83. The van der Waals surface area contributed by atoms with E-state index in [2.05, 4.69) is 26.8 Å². The molecule has 0 saturated heterocycles. The van der Waals surface area contributed by atoms with E-state index in [0.717, 1.165) is 5.56 Å². The minimum atomic E-state index is -0.532. The fourth-order valence-corrected chi connectivity index (χ4v) is 2.59. The van der Waals surface area contributed by atoms with Gasteiger partial charge in [0.1, 0.15) is 11.9 Å². The quantitative estimate of drug-likeness (QED) is 0.638. The maximum atomic E-state index is 12.7. The summed E-state index contributed by atoms with van der Waals surface area (Å²) in [4.78, 5) is 16.8. The average molecular weight is 346 g/mol. The fourth-order valence-electron chi connectivity index (χ4n) is 2.59. The molecule has 1 aromatic carbocycles. The third-order valence-electron chi connectivity index (χ3n) is 3.80. The first-order valence-electron chi connectivity index (χ1n) is 8.20. The lowest BCUT2D eigenvalue weighted by atomic mass is 10.1. The molecule has 26 heavy (non-hydrogen) atoms. The van der Waals surface area contributed by atoms with Crippen LogP contribution in [0, 0.1) is 11.3 Å². The summed E-state index contributed by atoms with van der Waals surface area (Å²) in [7, 11) is 0. The molecule has 0 radical (unpaired) electrons. The van der Waals surface area contributed by atoms with Gasteiger partial charge in [0.15, 0.2) is 6.04 Å². The number of aromatic nitrogens is 3. The number of carbonyl (C=O) groups excluding carboxylic acids is 1. The Morgan fingerprint density at radius 2 is 1.96 bits per heavy atom. The molecule has 0 saturated carbocycles. The zero-order valence-electron chi connectivity index (χ0n) is 14.0. The summed E-state index contributed by atoms with van der Waals surface area (Å²) < 4.78 is 1.63. The van der Waals surface area contributed by atoms with Crippen LogP contribution >= 0.6 is 0 Å². The summed E-state index contributed by atoms with van der Waals surface area (Å²) in [5.41, 5.74) is 1.33. The average Bonchev–Trinajstić information content (AvgIpc) is 3.21. The Morgan fingerprint density at radius 3 is 2.69 bits per heavy atom. The maximum Gasteiger partial charge on any atom is 0.249 e. The third-order valence-corrected chi connectivity index (χ3v) is 3.80. The zero-order chi connectivity index (χ0) is 18.2. The van der Waals surface area contributed by atoms with E-state index >= 15 is 0 Å². The van der Waals surface area contributed by atoms with Gasteiger partial charge in [0.05, 0.1) is 5.56 Å². The van der Waals surface area contributed by atoms with Gasteiger partial charge in [0.2, 0.25) is 5.91 Å². The Balaban J connectivity index is 1.61. The normalized spacial score (nSPS) is 11.3. The first-order valence-corrected chi connectivity index (χ1v) is 8.20. The van der Waals surface area contributed by atoms with Crippen LogP contribution in [0.2, 0.25) is 0 Å². The number of anilines is 1. The number of amides is 1. The molecule has 7 nitrogen and oxygen atoms in total. The standard InChI is InChI=1S/C19H18N6O/c20-14-16-8-4-9-21-18(16)22-11-12-23-19(26)17(25-13-5-10-24-25)15-6-2-1-3-7-15/h1-10,13,17H,11-12H2,(H,21,22)(H,23,26). The van der Waals surface area contributed by atoms with Crippen LogP contribution in [0.25, 0.3) is 0 Å². The van der Waals surface area contributed by atoms with Gasteiger partial charge in [-0.05, 0) is 23.8 Å². The third kappa shape index (κ3) is 4.05. The molecule has 0 bridgehead atoms. The summed E-state index contributed by atoms with van der Waals surface area (Å²) in [5.74, 6) is 0.360. The molecule has 0 aliphatic rings. The lowest BCUT2D eigenvalue weighted by molar-refractivity contribution is -0.123. The number of nitriles is 1. The van der Waals surface area contributed by atoms with E-state index in [1.54, 1.807) is 41.5 Å². The van der Waals surface area contributed by atoms with E-state index in [9.17, 15) is 4.79 Å². The summed E-state index contributed by atoms with van der Waals surface area (Å²) in [6.45, 7) is 0.850. The van der Waals surface area contributed by atoms with E-state index in [0.29, 0.717) is 24.5 Å². The van der Waals surface area contributed by atoms with Crippen molar-refractivity contribution in [1.29, 1.82) is 5.26 Å². The van der Waals surface area contributed by atoms with Gasteiger partial charge in [-0.1, -0.05) is 30.3 Å². The van der Waals surface area contributed by atoms with Gasteiger partial charge >= 0.3 is 0 Å². The van der Waals surface area contributed by atoms with Gasteiger partial charge in [-0.2, -0.15) is 10.4 Å². The Labute approximate surface area is 151 Å². The Bertz CT molecular complexity index is 886. The minimum absolute atomic E-state index is 0.150. The van der Waals surface area contributed by atoms with Crippen LogP contribution in [0.15, 0.2) is 67.1 Å². The maximum absolute atomic E-state index is 12.7. The molecule has 1 atom stereocenters. The predicted molar refractivity (Wildman–Crippen MR) is 97.3 cm³/mol. The lowest BCUT2D eigenvalue weighted by Crippen LogP contribution is -2.36. The SMILES string of the molecule is N#Cc1cccnc1NCCNC(=O)C(c1ccccc1)n1cccn1. The number of carbonyl (C=O) groups is 1. The summed E-state index contributed by atoms with van der Waals surface area (Å²) in [6.07, 6.45) is 5.03. The van der Waals surface area contributed by atoms with Crippen LogP contribution < -0.4 is 10.6 Å². The molecule has 3 aromatic rings. The zero-order valence-corrected chi connectivity index (χ0v) is 14.0. The second-order valence-electron chi connectivity index (χ2n) is 5.53. The van der Waals surface area contributed by atoms with Crippen molar-refractivity contribution in [2.45, 2.75) is 6.04 Å². The number of benzene rings is 1. The molecular weight excluding hydrogens is 328 g/mol. The second kappa shape index (κ2) is 8.44. The summed E-state index contributed by atoms with van der Waals surface area (Å²) in [5, 5.41) is 19.2. The topological polar surface area (TPSA) is 95.6 Å². The minimum Gasteiger partial charge on any atom is -0.367 e. The molecule has 0 spiro atoms. The second-order valence-corrected chi connectivity index (χ2v) is 5.53. The molecule has 2 heterocycles. The fraction of sp³-hybridized carbons (Fsp3) is 0.158. The molecule has 2 aromatic heterocycles. The van der Waals surface area contributed by atoms with Gasteiger partial charge < -0.3 is 10.6 Å². The van der Waals surface area contributed by atoms with Gasteiger partial charge in [-0.3, -0.25) is 9.48 Å². The molecule has 7 heteroatoms. The molecule has 1 unspecified atom stereocenters. The number of nitrogens with one attached hydrogen (secondary N) is 2. The highest BCUT2D eigenvalue weighted by atomic mass is 16.2. The molecule has 1 amide bonds. The highest BCUT2D eigenvalue weighted by Gasteiger charge is 2.22. The number of nitrogens with zero attached hydrogens (tertiary/aromatic N) is 4. The van der Waals surface area contributed by atoms with Crippen LogP contribution in [0.5, 0.6) is 0 Å². The van der Waals surface area contributed by atoms with Gasteiger partial charge in [0.25, 0.3) is 0 Å². The highest BCUT2D eigenvalue weighted by Crippen LogP contribution is 2.17. The van der Waals surface area contributed by atoms with Crippen molar-refractivity contribution < 1.29 is 4.79 Å². The van der Waals surface area contributed by atoms with Gasteiger partial charge in [0, 0.05) is 31.7 Å². The van der Waals surface area contributed by atoms with E-state index in [1.807, 2.05) is 30.3 Å². The number of hydrogen-bond donors (Lipinski definition) is 2. The molecule has 0 aliphatic heterocycles. The van der Waals surface area contributed by atoms with Crippen LogP contribution in [0.3, 0.4) is 0 Å². The van der Waals surface area contributed by atoms with E-state index < -0.39 is 6.04 Å². The van der Waals surface area contributed by atoms with Crippen molar-refractivity contribution >= 4 is 11.7 Å². The van der Waals surface area contributed by atoms with E-state index in [-0.39, 0.29) is 5.91 Å². The van der Waals surface area contributed by atoms with E-state index in [4.69, 9.17) is 5.26 Å².